The highest BCUT2D eigenvalue weighted by Gasteiger charge is 2.30. The Labute approximate surface area is 326 Å². The highest BCUT2D eigenvalue weighted by molar-refractivity contribution is 6.29. The van der Waals surface area contributed by atoms with Crippen molar-refractivity contribution in [2.45, 2.75) is 79.1 Å². The molecule has 0 N–H and O–H groups in total. The molecule has 272 valence electrons. The Bertz CT molecular complexity index is 2670. The van der Waals surface area contributed by atoms with E-state index in [0.29, 0.717) is 12.0 Å². The summed E-state index contributed by atoms with van der Waals surface area (Å²) in [6.45, 7) is 17.8. The molecule has 0 radical (unpaired) electrons. The lowest BCUT2D eigenvalue weighted by Gasteiger charge is -2.34. The molecular formula is C51H48N4. The van der Waals surface area contributed by atoms with Crippen LogP contribution < -0.4 is 9.80 Å². The topological polar surface area (TPSA) is 54.1 Å². The van der Waals surface area contributed by atoms with Crippen molar-refractivity contribution in [2.75, 3.05) is 9.80 Å². The number of nitriles is 2. The number of nitrogens with zero attached hydrogens (tertiary/aromatic N) is 4. The fourth-order valence-corrected chi connectivity index (χ4v) is 8.06. The van der Waals surface area contributed by atoms with Gasteiger partial charge in [0.15, 0.2) is 0 Å². The maximum Gasteiger partial charge on any atom is 0.0991 e. The van der Waals surface area contributed by atoms with Crippen LogP contribution in [0.2, 0.25) is 0 Å². The van der Waals surface area contributed by atoms with Crippen molar-refractivity contribution in [1.82, 2.24) is 0 Å². The van der Waals surface area contributed by atoms with Crippen LogP contribution in [0.4, 0.5) is 22.7 Å². The van der Waals surface area contributed by atoms with E-state index in [9.17, 15) is 10.5 Å². The highest BCUT2D eigenvalue weighted by Crippen LogP contribution is 2.51. The van der Waals surface area contributed by atoms with Crippen LogP contribution in [0.15, 0.2) is 144 Å². The molecule has 0 spiro atoms. The van der Waals surface area contributed by atoms with Gasteiger partial charge in [-0.1, -0.05) is 110 Å². The van der Waals surface area contributed by atoms with Gasteiger partial charge in [0.05, 0.1) is 34.8 Å². The van der Waals surface area contributed by atoms with Gasteiger partial charge in [-0.3, -0.25) is 0 Å². The second-order valence-corrected chi connectivity index (χ2v) is 16.1. The number of rotatable bonds is 6. The lowest BCUT2D eigenvalue weighted by molar-refractivity contribution is 0.595. The Morgan fingerprint density at radius 2 is 1.15 bits per heavy atom. The van der Waals surface area contributed by atoms with E-state index in [4.69, 9.17) is 0 Å². The molecule has 0 saturated heterocycles. The van der Waals surface area contributed by atoms with Crippen LogP contribution in [0.1, 0.15) is 84.9 Å². The molecule has 0 bridgehead atoms. The van der Waals surface area contributed by atoms with E-state index in [0.717, 1.165) is 46.1 Å². The monoisotopic (exact) mass is 716 g/mol. The summed E-state index contributed by atoms with van der Waals surface area (Å²) < 4.78 is 0. The fraction of sp³-hybridized carbons (Fsp3) is 0.235. The summed E-state index contributed by atoms with van der Waals surface area (Å²) in [5.41, 5.74) is 13.6. The normalized spacial score (nSPS) is 13.9. The molecule has 4 heteroatoms. The largest absolute Gasteiger partial charge is 0.310 e. The van der Waals surface area contributed by atoms with Crippen LogP contribution in [0.5, 0.6) is 0 Å². The van der Waals surface area contributed by atoms with E-state index in [1.165, 1.54) is 43.4 Å². The van der Waals surface area contributed by atoms with Crippen molar-refractivity contribution >= 4 is 55.1 Å². The van der Waals surface area contributed by atoms with Crippen LogP contribution in [-0.2, 0) is 10.8 Å². The summed E-state index contributed by atoms with van der Waals surface area (Å²) in [6.07, 6.45) is 11.7. The molecule has 0 aromatic heterocycles. The molecule has 2 aliphatic carbocycles. The third kappa shape index (κ3) is 6.61. The molecule has 0 aliphatic heterocycles. The van der Waals surface area contributed by atoms with Gasteiger partial charge in [0.25, 0.3) is 0 Å². The molecule has 2 aliphatic rings. The number of hydrogen-bond donors (Lipinski definition) is 0. The van der Waals surface area contributed by atoms with Crippen molar-refractivity contribution < 1.29 is 0 Å². The Balaban J connectivity index is 0.00000229. The molecule has 0 heterocycles. The van der Waals surface area contributed by atoms with Gasteiger partial charge in [0.2, 0.25) is 0 Å². The Morgan fingerprint density at radius 3 is 1.62 bits per heavy atom. The maximum absolute atomic E-state index is 9.67. The van der Waals surface area contributed by atoms with E-state index in [1.807, 2.05) is 44.2 Å². The van der Waals surface area contributed by atoms with E-state index in [2.05, 4.69) is 160 Å². The maximum atomic E-state index is 9.67. The van der Waals surface area contributed by atoms with Crippen LogP contribution in [0, 0.1) is 22.7 Å². The Morgan fingerprint density at radius 1 is 0.600 bits per heavy atom. The van der Waals surface area contributed by atoms with Gasteiger partial charge in [-0.2, -0.15) is 10.5 Å². The number of anilines is 4. The molecule has 6 aromatic rings. The van der Waals surface area contributed by atoms with E-state index in [1.54, 1.807) is 0 Å². The molecule has 55 heavy (non-hydrogen) atoms. The summed E-state index contributed by atoms with van der Waals surface area (Å²) >= 11 is 0. The van der Waals surface area contributed by atoms with Crippen LogP contribution in [0.3, 0.4) is 0 Å². The standard InChI is InChI=1S/C49H42N4.C2H6/c1-48(2,3)42-28-44(52(34-12-8-7-9-13-34)36-20-16-32(30-50)17-21-36)40-26-24-39-43(49(4,5)6)29-45(41-27-25-38(42)46(40)47(39)41)53(35-14-10-11-15-35)37-22-18-33(31-51)19-23-37;1-2/h7-14,16-18,20-22,24-29H,19,23H2,1-6H3;1-2H3. The molecule has 0 atom stereocenters. The lowest BCUT2D eigenvalue weighted by atomic mass is 9.77. The van der Waals surface area contributed by atoms with Crippen molar-refractivity contribution in [3.63, 3.8) is 0 Å². The van der Waals surface area contributed by atoms with Crippen molar-refractivity contribution in [3.8, 4) is 12.1 Å². The smallest absolute Gasteiger partial charge is 0.0991 e. The van der Waals surface area contributed by atoms with E-state index < -0.39 is 0 Å². The number of hydrogen-bond acceptors (Lipinski definition) is 4. The molecule has 0 amide bonds. The quantitative estimate of drug-likeness (QED) is 0.127. The first-order chi connectivity index (χ1) is 26.5. The summed E-state index contributed by atoms with van der Waals surface area (Å²) in [5.74, 6) is 0. The third-order valence-corrected chi connectivity index (χ3v) is 10.6. The molecule has 8 rings (SSSR count). The minimum Gasteiger partial charge on any atom is -0.310 e. The zero-order valence-corrected chi connectivity index (χ0v) is 33.3. The number of para-hydroxylation sites is 1. The zero-order valence-electron chi connectivity index (χ0n) is 33.3. The van der Waals surface area contributed by atoms with Gasteiger partial charge in [-0.25, -0.2) is 0 Å². The van der Waals surface area contributed by atoms with Gasteiger partial charge >= 0.3 is 0 Å². The van der Waals surface area contributed by atoms with Crippen LogP contribution >= 0.6 is 0 Å². The first-order valence-electron chi connectivity index (χ1n) is 19.4. The van der Waals surface area contributed by atoms with Crippen LogP contribution in [0.25, 0.3) is 32.3 Å². The second-order valence-electron chi connectivity index (χ2n) is 16.1. The Hall–Kier alpha value is -6.32. The SMILES string of the molecule is CC.CC(C)(C)c1cc(N(C2=C=CC=C2)C2=CC=C(C#N)CC2)c2ccc3c(C(C)(C)C)cc(N(c4ccccc4)c4ccc(C#N)cc4)c4ccc1c2c43. The Kier molecular flexibility index (Phi) is 9.75. The lowest BCUT2D eigenvalue weighted by Crippen LogP contribution is -2.23. The van der Waals surface area contributed by atoms with Crippen LogP contribution in [-0.4, -0.2) is 0 Å². The average molecular weight is 717 g/mol. The van der Waals surface area contributed by atoms with Crippen molar-refractivity contribution in [1.29, 1.82) is 10.5 Å². The fourth-order valence-electron chi connectivity index (χ4n) is 8.06. The average Bonchev–Trinajstić information content (AvgIpc) is 3.73. The van der Waals surface area contributed by atoms with E-state index in [-0.39, 0.29) is 10.8 Å². The second kappa shape index (κ2) is 14.5. The minimum atomic E-state index is -0.159. The molecule has 0 unspecified atom stereocenters. The van der Waals surface area contributed by atoms with Gasteiger partial charge < -0.3 is 9.80 Å². The zero-order chi connectivity index (χ0) is 39.1. The van der Waals surface area contributed by atoms with Gasteiger partial charge in [0, 0.05) is 33.4 Å². The molecule has 4 nitrogen and oxygen atoms in total. The van der Waals surface area contributed by atoms with Crippen molar-refractivity contribution in [2.24, 2.45) is 0 Å². The summed E-state index contributed by atoms with van der Waals surface area (Å²) in [5, 5.41) is 26.7. The predicted octanol–water partition coefficient (Wildman–Crippen LogP) is 14.1. The van der Waals surface area contributed by atoms with Crippen molar-refractivity contribution in [3.05, 3.63) is 161 Å². The summed E-state index contributed by atoms with van der Waals surface area (Å²) in [6, 6.07) is 37.2. The number of allylic oxidation sites excluding steroid dienone is 6. The van der Waals surface area contributed by atoms with Gasteiger partial charge in [0.1, 0.15) is 0 Å². The number of benzene rings is 6. The first-order valence-corrected chi connectivity index (χ1v) is 19.4. The predicted molar refractivity (Wildman–Crippen MR) is 233 cm³/mol. The summed E-state index contributed by atoms with van der Waals surface area (Å²) in [7, 11) is 0. The molecule has 6 aromatic carbocycles. The third-order valence-electron chi connectivity index (χ3n) is 10.6. The minimum absolute atomic E-state index is 0.151. The highest BCUT2D eigenvalue weighted by atomic mass is 15.2. The molecule has 0 fully saturated rings. The van der Waals surface area contributed by atoms with Gasteiger partial charge in [-0.05, 0) is 129 Å². The van der Waals surface area contributed by atoms with E-state index >= 15 is 0 Å². The summed E-state index contributed by atoms with van der Waals surface area (Å²) in [4.78, 5) is 4.70. The first kappa shape index (κ1) is 37.0. The van der Waals surface area contributed by atoms with Gasteiger partial charge in [-0.15, -0.1) is 0 Å². The molecule has 0 saturated carbocycles. The molecular weight excluding hydrogens is 669 g/mol.